The normalized spacial score (nSPS) is 13.2. The van der Waals surface area contributed by atoms with Gasteiger partial charge in [-0.2, -0.15) is 0 Å². The Morgan fingerprint density at radius 1 is 1.08 bits per heavy atom. The van der Waals surface area contributed by atoms with Gasteiger partial charge in [0.2, 0.25) is 5.95 Å². The largest absolute Gasteiger partial charge is 0.368 e. The second-order valence-electron chi connectivity index (χ2n) is 6.12. The summed E-state index contributed by atoms with van der Waals surface area (Å²) >= 11 is 0. The van der Waals surface area contributed by atoms with E-state index in [-0.39, 0.29) is 11.9 Å². The van der Waals surface area contributed by atoms with Crippen LogP contribution in [0.5, 0.6) is 0 Å². The Labute approximate surface area is 150 Å². The van der Waals surface area contributed by atoms with Gasteiger partial charge < -0.3 is 16.0 Å². The maximum Gasteiger partial charge on any atom is 0.254 e. The number of carbonyl (C=O) groups excluding carboxylic acids is 1. The topological polar surface area (TPSA) is 97.0 Å². The molecule has 0 spiro atoms. The van der Waals surface area contributed by atoms with Crippen LogP contribution in [-0.2, 0) is 13.0 Å². The lowest BCUT2D eigenvalue weighted by atomic mass is 10.1. The van der Waals surface area contributed by atoms with Crippen LogP contribution in [0.15, 0.2) is 55.0 Å². The molecule has 2 aromatic heterocycles. The molecule has 0 unspecified atom stereocenters. The van der Waals surface area contributed by atoms with E-state index in [9.17, 15) is 4.79 Å². The number of fused-ring (bicyclic) bond motifs is 1. The van der Waals surface area contributed by atoms with Crippen LogP contribution in [0.4, 0.5) is 17.3 Å². The lowest BCUT2D eigenvalue weighted by Gasteiger charge is -2.28. The van der Waals surface area contributed by atoms with Gasteiger partial charge in [-0.05, 0) is 48.4 Å². The molecule has 4 rings (SSSR count). The molecule has 0 atom stereocenters. The SMILES string of the molecule is Nc1ncc2c(n1)CN(C(=O)c1ccc(Nc3ccncc3)cc1)CC2. The number of carbonyl (C=O) groups is 1. The number of benzene rings is 1. The van der Waals surface area contributed by atoms with E-state index in [1.807, 2.05) is 36.4 Å². The van der Waals surface area contributed by atoms with Crippen molar-refractivity contribution >= 4 is 23.2 Å². The predicted octanol–water partition coefficient (Wildman–Crippen LogP) is 2.40. The van der Waals surface area contributed by atoms with Gasteiger partial charge >= 0.3 is 0 Å². The van der Waals surface area contributed by atoms with Gasteiger partial charge in [-0.3, -0.25) is 9.78 Å². The molecule has 1 aliphatic heterocycles. The predicted molar refractivity (Wildman–Crippen MR) is 98.9 cm³/mol. The fraction of sp³-hybridized carbons (Fsp3) is 0.158. The van der Waals surface area contributed by atoms with Crippen LogP contribution in [0, 0.1) is 0 Å². The number of hydrogen-bond acceptors (Lipinski definition) is 6. The third-order valence-electron chi connectivity index (χ3n) is 4.35. The van der Waals surface area contributed by atoms with Crippen LogP contribution >= 0.6 is 0 Å². The zero-order valence-corrected chi connectivity index (χ0v) is 14.1. The Bertz CT molecular complexity index is 927. The fourth-order valence-corrected chi connectivity index (χ4v) is 2.97. The maximum absolute atomic E-state index is 12.8. The Balaban J connectivity index is 1.47. The molecule has 0 saturated heterocycles. The van der Waals surface area contributed by atoms with Gasteiger partial charge in [0.05, 0.1) is 12.2 Å². The minimum absolute atomic E-state index is 0.0108. The van der Waals surface area contributed by atoms with Crippen LogP contribution in [0.3, 0.4) is 0 Å². The monoisotopic (exact) mass is 346 g/mol. The first-order chi connectivity index (χ1) is 12.7. The first kappa shape index (κ1) is 16.0. The van der Waals surface area contributed by atoms with Gasteiger partial charge in [0.25, 0.3) is 5.91 Å². The summed E-state index contributed by atoms with van der Waals surface area (Å²) in [5.41, 5.74) is 10.1. The number of amides is 1. The first-order valence-electron chi connectivity index (χ1n) is 8.36. The van der Waals surface area contributed by atoms with Gasteiger partial charge in [-0.1, -0.05) is 0 Å². The first-order valence-corrected chi connectivity index (χ1v) is 8.36. The summed E-state index contributed by atoms with van der Waals surface area (Å²) in [7, 11) is 0. The van der Waals surface area contributed by atoms with Gasteiger partial charge in [0, 0.05) is 42.1 Å². The molecular weight excluding hydrogens is 328 g/mol. The average molecular weight is 346 g/mol. The Kier molecular flexibility index (Phi) is 4.18. The van der Waals surface area contributed by atoms with Crippen LogP contribution in [0.25, 0.3) is 0 Å². The molecule has 7 heteroatoms. The van der Waals surface area contributed by atoms with E-state index >= 15 is 0 Å². The quantitative estimate of drug-likeness (QED) is 0.756. The van der Waals surface area contributed by atoms with Crippen molar-refractivity contribution in [2.75, 3.05) is 17.6 Å². The molecule has 0 saturated carbocycles. The third kappa shape index (κ3) is 3.32. The van der Waals surface area contributed by atoms with Crippen molar-refractivity contribution in [3.05, 3.63) is 71.8 Å². The molecule has 3 heterocycles. The lowest BCUT2D eigenvalue weighted by molar-refractivity contribution is 0.0732. The molecule has 0 fully saturated rings. The van der Waals surface area contributed by atoms with E-state index < -0.39 is 0 Å². The van der Waals surface area contributed by atoms with E-state index in [1.165, 1.54) is 0 Å². The summed E-state index contributed by atoms with van der Waals surface area (Å²) in [5.74, 6) is 0.230. The molecule has 0 radical (unpaired) electrons. The van der Waals surface area contributed by atoms with Crippen molar-refractivity contribution in [1.82, 2.24) is 19.9 Å². The van der Waals surface area contributed by atoms with Crippen LogP contribution in [0.2, 0.25) is 0 Å². The molecule has 3 aromatic rings. The Morgan fingerprint density at radius 2 is 1.81 bits per heavy atom. The van der Waals surface area contributed by atoms with Crippen molar-refractivity contribution < 1.29 is 4.79 Å². The van der Waals surface area contributed by atoms with E-state index in [1.54, 1.807) is 23.5 Å². The van der Waals surface area contributed by atoms with Crippen molar-refractivity contribution in [2.24, 2.45) is 0 Å². The zero-order chi connectivity index (χ0) is 17.9. The highest BCUT2D eigenvalue weighted by molar-refractivity contribution is 5.94. The number of nitrogen functional groups attached to an aromatic ring is 1. The van der Waals surface area contributed by atoms with Gasteiger partial charge in [0.15, 0.2) is 0 Å². The molecule has 130 valence electrons. The third-order valence-corrected chi connectivity index (χ3v) is 4.35. The minimum atomic E-state index is -0.0108. The van der Waals surface area contributed by atoms with Crippen molar-refractivity contribution in [3.8, 4) is 0 Å². The lowest BCUT2D eigenvalue weighted by Crippen LogP contribution is -2.36. The number of aromatic nitrogens is 3. The number of nitrogens with one attached hydrogen (secondary N) is 1. The number of nitrogens with zero attached hydrogens (tertiary/aromatic N) is 4. The Morgan fingerprint density at radius 3 is 2.58 bits per heavy atom. The molecule has 1 amide bonds. The smallest absolute Gasteiger partial charge is 0.254 e. The van der Waals surface area contributed by atoms with Crippen LogP contribution in [0.1, 0.15) is 21.6 Å². The fourth-order valence-electron chi connectivity index (χ4n) is 2.97. The second-order valence-corrected chi connectivity index (χ2v) is 6.12. The highest BCUT2D eigenvalue weighted by atomic mass is 16.2. The summed E-state index contributed by atoms with van der Waals surface area (Å²) in [6, 6.07) is 11.2. The number of pyridine rings is 1. The molecule has 26 heavy (non-hydrogen) atoms. The standard InChI is InChI=1S/C19H18N6O/c20-19-22-11-14-7-10-25(12-17(14)24-19)18(26)13-1-3-15(4-2-13)23-16-5-8-21-9-6-16/h1-6,8-9,11H,7,10,12H2,(H,21,23)(H2,20,22,24). The average Bonchev–Trinajstić information content (AvgIpc) is 2.68. The maximum atomic E-state index is 12.8. The molecule has 3 N–H and O–H groups in total. The van der Waals surface area contributed by atoms with Gasteiger partial charge in [0.1, 0.15) is 0 Å². The molecule has 1 aromatic carbocycles. The Hall–Kier alpha value is -3.48. The molecular formula is C19H18N6O. The van der Waals surface area contributed by atoms with E-state index in [0.717, 1.165) is 29.1 Å². The second kappa shape index (κ2) is 6.79. The van der Waals surface area contributed by atoms with E-state index in [0.29, 0.717) is 18.7 Å². The van der Waals surface area contributed by atoms with Gasteiger partial charge in [-0.15, -0.1) is 0 Å². The minimum Gasteiger partial charge on any atom is -0.368 e. The number of hydrogen-bond donors (Lipinski definition) is 2. The molecule has 0 aliphatic carbocycles. The van der Waals surface area contributed by atoms with E-state index in [4.69, 9.17) is 5.73 Å². The summed E-state index contributed by atoms with van der Waals surface area (Å²) in [6.45, 7) is 1.11. The number of anilines is 3. The van der Waals surface area contributed by atoms with Crippen molar-refractivity contribution in [3.63, 3.8) is 0 Å². The molecule has 7 nitrogen and oxygen atoms in total. The molecule has 1 aliphatic rings. The summed E-state index contributed by atoms with van der Waals surface area (Å²) < 4.78 is 0. The summed E-state index contributed by atoms with van der Waals surface area (Å²) in [6.07, 6.45) is 5.94. The highest BCUT2D eigenvalue weighted by Crippen LogP contribution is 2.21. The van der Waals surface area contributed by atoms with E-state index in [2.05, 4.69) is 20.3 Å². The van der Waals surface area contributed by atoms with Crippen LogP contribution in [-0.4, -0.2) is 32.3 Å². The summed E-state index contributed by atoms with van der Waals surface area (Å²) in [5, 5.41) is 3.27. The van der Waals surface area contributed by atoms with Crippen molar-refractivity contribution in [1.29, 1.82) is 0 Å². The van der Waals surface area contributed by atoms with Gasteiger partial charge in [-0.25, -0.2) is 9.97 Å². The molecule has 0 bridgehead atoms. The number of rotatable bonds is 3. The van der Waals surface area contributed by atoms with Crippen LogP contribution < -0.4 is 11.1 Å². The zero-order valence-electron chi connectivity index (χ0n) is 14.1. The summed E-state index contributed by atoms with van der Waals surface area (Å²) in [4.78, 5) is 26.8. The highest BCUT2D eigenvalue weighted by Gasteiger charge is 2.23. The number of nitrogens with two attached hydrogens (primary N) is 1. The van der Waals surface area contributed by atoms with Crippen molar-refractivity contribution in [2.45, 2.75) is 13.0 Å².